The second-order valence-electron chi connectivity index (χ2n) is 5.09. The summed E-state index contributed by atoms with van der Waals surface area (Å²) in [5, 5.41) is 2.68. The lowest BCUT2D eigenvalue weighted by Crippen LogP contribution is -2.24. The van der Waals surface area contributed by atoms with Gasteiger partial charge in [-0.15, -0.1) is 11.8 Å². The van der Waals surface area contributed by atoms with Crippen LogP contribution in [0.4, 0.5) is 17.6 Å². The molecule has 0 saturated carbocycles. The normalized spacial score (nSPS) is 11.3. The Bertz CT molecular complexity index is 686. The zero-order valence-electron chi connectivity index (χ0n) is 12.6. The first-order valence-corrected chi connectivity index (χ1v) is 8.25. The third kappa shape index (κ3) is 5.88. The number of hydrogen-bond donors (Lipinski definition) is 1. The van der Waals surface area contributed by atoms with Crippen molar-refractivity contribution in [2.45, 2.75) is 18.5 Å². The molecular formula is C17H15F4NOS. The first-order valence-electron chi connectivity index (χ1n) is 7.09. The number of nitrogens with one attached hydrogen (secondary N) is 1. The van der Waals surface area contributed by atoms with Crippen molar-refractivity contribution < 1.29 is 22.4 Å². The van der Waals surface area contributed by atoms with Gasteiger partial charge in [-0.2, -0.15) is 13.2 Å². The van der Waals surface area contributed by atoms with E-state index in [0.717, 1.165) is 17.7 Å². The van der Waals surface area contributed by atoms with E-state index in [1.807, 2.05) is 0 Å². The van der Waals surface area contributed by atoms with Crippen molar-refractivity contribution in [1.29, 1.82) is 0 Å². The Kier molecular flexibility index (Phi) is 6.25. The van der Waals surface area contributed by atoms with Gasteiger partial charge in [0.2, 0.25) is 5.91 Å². The van der Waals surface area contributed by atoms with E-state index in [1.54, 1.807) is 18.2 Å². The Morgan fingerprint density at radius 2 is 1.75 bits per heavy atom. The minimum Gasteiger partial charge on any atom is -0.351 e. The van der Waals surface area contributed by atoms with Gasteiger partial charge < -0.3 is 5.32 Å². The maximum atomic E-state index is 12.8. The van der Waals surface area contributed by atoms with Crippen LogP contribution >= 0.6 is 11.8 Å². The molecule has 7 heteroatoms. The molecular weight excluding hydrogens is 342 g/mol. The van der Waals surface area contributed by atoms with Crippen molar-refractivity contribution in [2.24, 2.45) is 0 Å². The zero-order valence-corrected chi connectivity index (χ0v) is 13.4. The topological polar surface area (TPSA) is 29.1 Å². The van der Waals surface area contributed by atoms with E-state index in [4.69, 9.17) is 0 Å². The van der Waals surface area contributed by atoms with Crippen molar-refractivity contribution in [2.75, 3.05) is 5.75 Å². The monoisotopic (exact) mass is 357 g/mol. The first kappa shape index (κ1) is 18.3. The van der Waals surface area contributed by atoms with Gasteiger partial charge in [0, 0.05) is 12.3 Å². The number of carbonyl (C=O) groups is 1. The minimum atomic E-state index is -4.37. The van der Waals surface area contributed by atoms with E-state index < -0.39 is 11.7 Å². The van der Waals surface area contributed by atoms with Gasteiger partial charge in [0.15, 0.2) is 0 Å². The van der Waals surface area contributed by atoms with Crippen LogP contribution in [-0.4, -0.2) is 11.7 Å². The van der Waals surface area contributed by atoms with E-state index in [2.05, 4.69) is 5.32 Å². The number of carbonyl (C=O) groups excluding carboxylic acids is 1. The standard InChI is InChI=1S/C17H15F4NOS/c18-15-6-4-12(5-7-15)9-22-16(23)11-24-10-13-2-1-3-14(8-13)17(19,20)21/h1-8H,9-11H2,(H,22,23). The molecule has 0 atom stereocenters. The molecule has 2 aromatic rings. The van der Waals surface area contributed by atoms with Crippen LogP contribution in [0.15, 0.2) is 48.5 Å². The van der Waals surface area contributed by atoms with Crippen molar-refractivity contribution in [1.82, 2.24) is 5.32 Å². The summed E-state index contributed by atoms with van der Waals surface area (Å²) < 4.78 is 50.6. The number of halogens is 4. The highest BCUT2D eigenvalue weighted by atomic mass is 32.2. The van der Waals surface area contributed by atoms with Gasteiger partial charge in [-0.3, -0.25) is 4.79 Å². The molecule has 0 aliphatic rings. The maximum absolute atomic E-state index is 12.8. The molecule has 0 unspecified atom stereocenters. The molecule has 0 fully saturated rings. The molecule has 0 heterocycles. The van der Waals surface area contributed by atoms with Crippen molar-refractivity contribution >= 4 is 17.7 Å². The third-order valence-electron chi connectivity index (χ3n) is 3.16. The van der Waals surface area contributed by atoms with Crippen LogP contribution in [-0.2, 0) is 23.3 Å². The molecule has 0 aliphatic heterocycles. The molecule has 128 valence electrons. The van der Waals surface area contributed by atoms with E-state index in [9.17, 15) is 22.4 Å². The molecule has 0 aliphatic carbocycles. The number of rotatable bonds is 6. The summed E-state index contributed by atoms with van der Waals surface area (Å²) in [6.45, 7) is 0.281. The van der Waals surface area contributed by atoms with E-state index >= 15 is 0 Å². The van der Waals surface area contributed by atoms with Gasteiger partial charge in [0.05, 0.1) is 11.3 Å². The minimum absolute atomic E-state index is 0.136. The van der Waals surface area contributed by atoms with Gasteiger partial charge in [0.1, 0.15) is 5.82 Å². The van der Waals surface area contributed by atoms with Crippen LogP contribution in [0.3, 0.4) is 0 Å². The summed E-state index contributed by atoms with van der Waals surface area (Å²) in [5.41, 5.74) is 0.593. The van der Waals surface area contributed by atoms with Crippen LogP contribution in [0.25, 0.3) is 0 Å². The quantitative estimate of drug-likeness (QED) is 0.777. The third-order valence-corrected chi connectivity index (χ3v) is 4.16. The average molecular weight is 357 g/mol. The predicted molar refractivity (Wildman–Crippen MR) is 85.9 cm³/mol. The van der Waals surface area contributed by atoms with E-state index in [-0.39, 0.29) is 24.0 Å². The van der Waals surface area contributed by atoms with Gasteiger partial charge in [-0.1, -0.05) is 30.3 Å². The molecule has 2 nitrogen and oxygen atoms in total. The second kappa shape index (κ2) is 8.19. The van der Waals surface area contributed by atoms with Crippen molar-refractivity contribution in [3.8, 4) is 0 Å². The maximum Gasteiger partial charge on any atom is 0.416 e. The molecule has 0 spiro atoms. The highest BCUT2D eigenvalue weighted by Gasteiger charge is 2.30. The molecule has 1 amide bonds. The van der Waals surface area contributed by atoms with Gasteiger partial charge >= 0.3 is 6.18 Å². The van der Waals surface area contributed by atoms with Crippen LogP contribution in [0.2, 0.25) is 0 Å². The van der Waals surface area contributed by atoms with E-state index in [0.29, 0.717) is 11.3 Å². The lowest BCUT2D eigenvalue weighted by molar-refractivity contribution is -0.137. The molecule has 2 aromatic carbocycles. The summed E-state index contributed by atoms with van der Waals surface area (Å²) in [7, 11) is 0. The Hall–Kier alpha value is -2.02. The Morgan fingerprint density at radius 1 is 1.04 bits per heavy atom. The molecule has 2 rings (SSSR count). The SMILES string of the molecule is O=C(CSCc1cccc(C(F)(F)F)c1)NCc1ccc(F)cc1. The van der Waals surface area contributed by atoms with E-state index in [1.165, 1.54) is 30.0 Å². The van der Waals surface area contributed by atoms with Crippen LogP contribution < -0.4 is 5.32 Å². The lowest BCUT2D eigenvalue weighted by atomic mass is 10.1. The molecule has 0 radical (unpaired) electrons. The fourth-order valence-electron chi connectivity index (χ4n) is 1.95. The molecule has 24 heavy (non-hydrogen) atoms. The summed E-state index contributed by atoms with van der Waals surface area (Å²) in [6, 6.07) is 10.8. The largest absolute Gasteiger partial charge is 0.416 e. The second-order valence-corrected chi connectivity index (χ2v) is 6.08. The summed E-state index contributed by atoms with van der Waals surface area (Å²) >= 11 is 1.23. The van der Waals surface area contributed by atoms with Gasteiger partial charge in [-0.25, -0.2) is 4.39 Å². The Labute approximate surface area is 141 Å². The highest BCUT2D eigenvalue weighted by Crippen LogP contribution is 2.30. The first-order chi connectivity index (χ1) is 11.3. The van der Waals surface area contributed by atoms with Gasteiger partial charge in [-0.05, 0) is 29.3 Å². The number of hydrogen-bond acceptors (Lipinski definition) is 2. The summed E-state index contributed by atoms with van der Waals surface area (Å²) in [5.74, 6) is -0.122. The average Bonchev–Trinajstić information content (AvgIpc) is 2.54. The van der Waals surface area contributed by atoms with Gasteiger partial charge in [0.25, 0.3) is 0 Å². The highest BCUT2D eigenvalue weighted by molar-refractivity contribution is 7.99. The van der Waals surface area contributed by atoms with Crippen LogP contribution in [0.5, 0.6) is 0 Å². The fraction of sp³-hybridized carbons (Fsp3) is 0.235. The summed E-state index contributed by atoms with van der Waals surface area (Å²) in [4.78, 5) is 11.7. The molecule has 0 bridgehead atoms. The molecule has 0 aromatic heterocycles. The number of thioether (sulfide) groups is 1. The lowest BCUT2D eigenvalue weighted by Gasteiger charge is -2.09. The number of amides is 1. The number of benzene rings is 2. The molecule has 1 N–H and O–H groups in total. The van der Waals surface area contributed by atoms with Crippen molar-refractivity contribution in [3.63, 3.8) is 0 Å². The number of alkyl halides is 3. The smallest absolute Gasteiger partial charge is 0.351 e. The summed E-state index contributed by atoms with van der Waals surface area (Å²) in [6.07, 6.45) is -4.37. The molecule has 0 saturated heterocycles. The van der Waals surface area contributed by atoms with Crippen molar-refractivity contribution in [3.05, 3.63) is 71.0 Å². The zero-order chi connectivity index (χ0) is 17.6. The Balaban J connectivity index is 1.75. The Morgan fingerprint density at radius 3 is 2.42 bits per heavy atom. The van der Waals surface area contributed by atoms with Crippen LogP contribution in [0.1, 0.15) is 16.7 Å². The fourth-order valence-corrected chi connectivity index (χ4v) is 2.76. The predicted octanol–water partition coefficient (Wildman–Crippen LogP) is 4.39. The van der Waals surface area contributed by atoms with Crippen LogP contribution in [0, 0.1) is 5.82 Å².